The average molecular weight is 380 g/mol. The molecule has 0 amide bonds. The first kappa shape index (κ1) is 18.2. The molecule has 0 unspecified atom stereocenters. The number of ether oxygens (including phenoxy) is 3. The highest BCUT2D eigenvalue weighted by atomic mass is 16.5. The van der Waals surface area contributed by atoms with Crippen LogP contribution < -0.4 is 19.9 Å². The van der Waals surface area contributed by atoms with E-state index in [1.807, 2.05) is 25.1 Å². The third kappa shape index (κ3) is 3.05. The number of aromatic amines is 1. The number of aryl methyl sites for hydroxylation is 1. The van der Waals surface area contributed by atoms with E-state index in [9.17, 15) is 5.26 Å². The molecule has 2 aliphatic rings. The van der Waals surface area contributed by atoms with Crippen molar-refractivity contribution in [2.45, 2.75) is 51.0 Å². The Balaban J connectivity index is 1.77. The van der Waals surface area contributed by atoms with Crippen molar-refractivity contribution in [1.29, 1.82) is 5.26 Å². The van der Waals surface area contributed by atoms with E-state index < -0.39 is 0 Å². The maximum absolute atomic E-state index is 9.74. The molecule has 1 aliphatic carbocycles. The van der Waals surface area contributed by atoms with Crippen LogP contribution in [0.5, 0.6) is 17.4 Å². The summed E-state index contributed by atoms with van der Waals surface area (Å²) >= 11 is 0. The molecule has 0 spiro atoms. The second kappa shape index (κ2) is 7.47. The quantitative estimate of drug-likeness (QED) is 0.822. The number of nitrogens with one attached hydrogen (secondary N) is 1. The minimum Gasteiger partial charge on any atom is -0.493 e. The molecular formula is C21H24N4O3. The van der Waals surface area contributed by atoms with E-state index in [0.29, 0.717) is 17.2 Å². The highest BCUT2D eigenvalue weighted by Crippen LogP contribution is 2.45. The summed E-state index contributed by atoms with van der Waals surface area (Å²) in [7, 11) is 1.63. The van der Waals surface area contributed by atoms with Gasteiger partial charge in [0.05, 0.1) is 19.1 Å². The Kier molecular flexibility index (Phi) is 4.86. The minimum absolute atomic E-state index is 0.0828. The summed E-state index contributed by atoms with van der Waals surface area (Å²) in [6.07, 6.45) is 5.51. The van der Waals surface area contributed by atoms with Crippen LogP contribution in [0.4, 0.5) is 0 Å². The van der Waals surface area contributed by atoms with Gasteiger partial charge in [-0.05, 0) is 49.8 Å². The van der Waals surface area contributed by atoms with Gasteiger partial charge in [0, 0.05) is 11.3 Å². The van der Waals surface area contributed by atoms with Crippen LogP contribution in [0, 0.1) is 11.3 Å². The van der Waals surface area contributed by atoms with E-state index in [4.69, 9.17) is 19.9 Å². The predicted molar refractivity (Wildman–Crippen MR) is 103 cm³/mol. The Morgan fingerprint density at radius 1 is 1.32 bits per heavy atom. The van der Waals surface area contributed by atoms with E-state index in [-0.39, 0.29) is 17.9 Å². The monoisotopic (exact) mass is 380 g/mol. The van der Waals surface area contributed by atoms with E-state index in [1.54, 1.807) is 7.11 Å². The van der Waals surface area contributed by atoms with Crippen molar-refractivity contribution in [3.63, 3.8) is 0 Å². The normalized spacial score (nSPS) is 19.1. The van der Waals surface area contributed by atoms with Gasteiger partial charge in [-0.25, -0.2) is 0 Å². The Labute approximate surface area is 164 Å². The van der Waals surface area contributed by atoms with Crippen LogP contribution >= 0.6 is 0 Å². The molecule has 0 saturated heterocycles. The summed E-state index contributed by atoms with van der Waals surface area (Å²) in [4.78, 5) is 0. The zero-order chi connectivity index (χ0) is 19.7. The molecule has 28 heavy (non-hydrogen) atoms. The summed E-state index contributed by atoms with van der Waals surface area (Å²) in [6.45, 7) is 2.03. The lowest BCUT2D eigenvalue weighted by molar-refractivity contribution is 0.200. The van der Waals surface area contributed by atoms with Gasteiger partial charge in [-0.3, -0.25) is 5.10 Å². The number of nitriles is 1. The highest BCUT2D eigenvalue weighted by molar-refractivity contribution is 5.57. The van der Waals surface area contributed by atoms with Crippen molar-refractivity contribution in [3.05, 3.63) is 46.5 Å². The van der Waals surface area contributed by atoms with Gasteiger partial charge in [0.2, 0.25) is 11.8 Å². The molecule has 146 valence electrons. The summed E-state index contributed by atoms with van der Waals surface area (Å²) in [5.74, 6) is 1.51. The number of aromatic nitrogens is 2. The van der Waals surface area contributed by atoms with Crippen LogP contribution in [-0.4, -0.2) is 23.4 Å². The molecular weight excluding hydrogens is 356 g/mol. The lowest BCUT2D eigenvalue weighted by Crippen LogP contribution is -2.21. The Morgan fingerprint density at radius 2 is 2.11 bits per heavy atom. The van der Waals surface area contributed by atoms with Crippen molar-refractivity contribution >= 4 is 0 Å². The number of allylic oxidation sites excluding steroid dienone is 1. The number of hydrogen-bond donors (Lipinski definition) is 2. The lowest BCUT2D eigenvalue weighted by atomic mass is 9.83. The van der Waals surface area contributed by atoms with E-state index >= 15 is 0 Å². The van der Waals surface area contributed by atoms with Crippen molar-refractivity contribution in [1.82, 2.24) is 10.2 Å². The summed E-state index contributed by atoms with van der Waals surface area (Å²) < 4.78 is 17.3. The van der Waals surface area contributed by atoms with E-state index in [2.05, 4.69) is 16.3 Å². The predicted octanol–water partition coefficient (Wildman–Crippen LogP) is 3.52. The fourth-order valence-corrected chi connectivity index (χ4v) is 4.06. The van der Waals surface area contributed by atoms with Crippen molar-refractivity contribution in [2.24, 2.45) is 5.73 Å². The second-order valence-corrected chi connectivity index (χ2v) is 7.13. The summed E-state index contributed by atoms with van der Waals surface area (Å²) in [5, 5.41) is 17.0. The van der Waals surface area contributed by atoms with Gasteiger partial charge in [0.1, 0.15) is 11.6 Å². The van der Waals surface area contributed by atoms with Crippen LogP contribution in [0.1, 0.15) is 55.3 Å². The fourth-order valence-electron chi connectivity index (χ4n) is 4.06. The first-order valence-corrected chi connectivity index (χ1v) is 9.65. The van der Waals surface area contributed by atoms with Crippen molar-refractivity contribution in [2.75, 3.05) is 7.11 Å². The molecule has 3 N–H and O–H groups in total. The number of hydrogen-bond acceptors (Lipinski definition) is 6. The number of benzene rings is 1. The minimum atomic E-state index is -0.364. The molecule has 7 nitrogen and oxygen atoms in total. The Hall–Kier alpha value is -3.14. The van der Waals surface area contributed by atoms with Gasteiger partial charge in [0.15, 0.2) is 11.5 Å². The van der Waals surface area contributed by atoms with Gasteiger partial charge in [-0.15, -0.1) is 5.10 Å². The standard InChI is InChI=1S/C21H24N4O3/c1-3-15-19-18(14(11-22)20(23)28-21(19)25-24-15)12-8-9-16(17(10-12)26-2)27-13-6-4-5-7-13/h8-10,13,18H,3-7,23H2,1-2H3,(H,24,25)/t18-/m0/s1. The first-order valence-electron chi connectivity index (χ1n) is 9.65. The number of rotatable bonds is 5. The van der Waals surface area contributed by atoms with Crippen molar-refractivity contribution in [3.8, 4) is 23.4 Å². The molecule has 2 heterocycles. The van der Waals surface area contributed by atoms with Gasteiger partial charge in [-0.1, -0.05) is 13.0 Å². The highest BCUT2D eigenvalue weighted by Gasteiger charge is 2.35. The molecule has 1 fully saturated rings. The Morgan fingerprint density at radius 3 is 2.79 bits per heavy atom. The van der Waals surface area contributed by atoms with E-state index in [1.165, 1.54) is 12.8 Å². The average Bonchev–Trinajstić information content (AvgIpc) is 3.36. The smallest absolute Gasteiger partial charge is 0.244 e. The lowest BCUT2D eigenvalue weighted by Gasteiger charge is -2.25. The Bertz CT molecular complexity index is 951. The zero-order valence-electron chi connectivity index (χ0n) is 16.1. The molecule has 1 aromatic heterocycles. The van der Waals surface area contributed by atoms with Crippen LogP contribution in [0.15, 0.2) is 29.7 Å². The number of H-pyrrole nitrogens is 1. The van der Waals surface area contributed by atoms with Gasteiger partial charge < -0.3 is 19.9 Å². The third-order valence-corrected chi connectivity index (χ3v) is 5.49. The summed E-state index contributed by atoms with van der Waals surface area (Å²) in [6, 6.07) is 8.01. The number of nitrogens with zero attached hydrogens (tertiary/aromatic N) is 2. The van der Waals surface area contributed by atoms with Crippen LogP contribution in [0.25, 0.3) is 0 Å². The van der Waals surface area contributed by atoms with Crippen molar-refractivity contribution < 1.29 is 14.2 Å². The molecule has 2 aromatic rings. The van der Waals surface area contributed by atoms with Crippen LogP contribution in [-0.2, 0) is 6.42 Å². The second-order valence-electron chi connectivity index (χ2n) is 7.13. The van der Waals surface area contributed by atoms with Gasteiger partial charge in [0.25, 0.3) is 0 Å². The SMILES string of the molecule is CCc1[nH]nc2c1[C@@H](c1ccc(OC3CCCC3)c(OC)c1)C(C#N)=C(N)O2. The number of nitrogens with two attached hydrogens (primary N) is 1. The fraction of sp³-hybridized carbons (Fsp3) is 0.429. The number of fused-ring (bicyclic) bond motifs is 1. The number of methoxy groups -OCH3 is 1. The first-order chi connectivity index (χ1) is 13.7. The largest absolute Gasteiger partial charge is 0.493 e. The maximum Gasteiger partial charge on any atom is 0.244 e. The molecule has 1 aliphatic heterocycles. The van der Waals surface area contributed by atoms with Gasteiger partial charge in [-0.2, -0.15) is 5.26 Å². The molecule has 0 radical (unpaired) electrons. The topological polar surface area (TPSA) is 106 Å². The van der Waals surface area contributed by atoms with Crippen LogP contribution in [0.2, 0.25) is 0 Å². The summed E-state index contributed by atoms with van der Waals surface area (Å²) in [5.41, 5.74) is 9.04. The zero-order valence-corrected chi connectivity index (χ0v) is 16.1. The van der Waals surface area contributed by atoms with Gasteiger partial charge >= 0.3 is 0 Å². The van der Waals surface area contributed by atoms with Crippen LogP contribution in [0.3, 0.4) is 0 Å². The molecule has 1 aromatic carbocycles. The third-order valence-electron chi connectivity index (χ3n) is 5.49. The molecule has 1 atom stereocenters. The molecule has 4 rings (SSSR count). The molecule has 0 bridgehead atoms. The molecule has 1 saturated carbocycles. The maximum atomic E-state index is 9.74. The van der Waals surface area contributed by atoms with E-state index in [0.717, 1.165) is 41.8 Å². The molecule has 7 heteroatoms.